The van der Waals surface area contributed by atoms with Crippen molar-refractivity contribution in [3.63, 3.8) is 0 Å². The fraction of sp³-hybridized carbons (Fsp3) is 0.333. The highest BCUT2D eigenvalue weighted by Gasteiger charge is 2.05. The molecule has 0 saturated heterocycles. The van der Waals surface area contributed by atoms with Gasteiger partial charge in [0.1, 0.15) is 5.82 Å². The molecule has 1 aromatic carbocycles. The smallest absolute Gasteiger partial charge is 0.252 e. The van der Waals surface area contributed by atoms with Gasteiger partial charge in [-0.3, -0.25) is 4.79 Å². The Balaban J connectivity index is 1.77. The zero-order valence-electron chi connectivity index (χ0n) is 14.1. The molecule has 0 radical (unpaired) electrons. The van der Waals surface area contributed by atoms with E-state index in [0.29, 0.717) is 12.1 Å². The van der Waals surface area contributed by atoms with Crippen LogP contribution in [0.1, 0.15) is 15.9 Å². The van der Waals surface area contributed by atoms with E-state index in [-0.39, 0.29) is 5.91 Å². The third-order valence-corrected chi connectivity index (χ3v) is 3.76. The second kappa shape index (κ2) is 9.25. The van der Waals surface area contributed by atoms with Crippen LogP contribution in [0.3, 0.4) is 0 Å². The Labute approximate surface area is 148 Å². The average molecular weight is 347 g/mol. The maximum absolute atomic E-state index is 12.0. The van der Waals surface area contributed by atoms with Gasteiger partial charge in [0.25, 0.3) is 5.91 Å². The van der Waals surface area contributed by atoms with Crippen molar-refractivity contribution in [3.05, 3.63) is 58.7 Å². The molecule has 0 bridgehead atoms. The van der Waals surface area contributed by atoms with Crippen LogP contribution in [0, 0.1) is 0 Å². The Hall–Kier alpha value is -2.11. The molecule has 24 heavy (non-hydrogen) atoms. The Kier molecular flexibility index (Phi) is 7.03. The van der Waals surface area contributed by atoms with Gasteiger partial charge in [-0.15, -0.1) is 0 Å². The molecule has 0 unspecified atom stereocenters. The van der Waals surface area contributed by atoms with E-state index in [1.807, 2.05) is 49.3 Å². The first-order valence-electron chi connectivity index (χ1n) is 7.92. The second-order valence-corrected chi connectivity index (χ2v) is 6.23. The molecule has 6 heteroatoms. The van der Waals surface area contributed by atoms with Gasteiger partial charge >= 0.3 is 0 Å². The zero-order valence-corrected chi connectivity index (χ0v) is 14.8. The molecule has 0 fully saturated rings. The van der Waals surface area contributed by atoms with Crippen LogP contribution in [-0.4, -0.2) is 49.5 Å². The average Bonchev–Trinajstić information content (AvgIpc) is 2.57. The Morgan fingerprint density at radius 1 is 1.12 bits per heavy atom. The van der Waals surface area contributed by atoms with Crippen molar-refractivity contribution in [1.82, 2.24) is 15.2 Å². The molecule has 2 N–H and O–H groups in total. The first kappa shape index (κ1) is 18.2. The molecule has 5 nitrogen and oxygen atoms in total. The number of pyridine rings is 1. The number of carbonyl (C=O) groups is 1. The molecular weight excluding hydrogens is 324 g/mol. The van der Waals surface area contributed by atoms with Crippen LogP contribution < -0.4 is 10.6 Å². The lowest BCUT2D eigenvalue weighted by molar-refractivity contribution is 0.0950. The molecule has 0 aliphatic heterocycles. The number of aromatic nitrogens is 1. The monoisotopic (exact) mass is 346 g/mol. The SMILES string of the molecule is CN(C)CCNC(=O)c1ccc(NCCc2ccc(Cl)cc2)nc1. The molecule has 0 aliphatic rings. The summed E-state index contributed by atoms with van der Waals surface area (Å²) in [6, 6.07) is 11.4. The third-order valence-electron chi connectivity index (χ3n) is 3.50. The summed E-state index contributed by atoms with van der Waals surface area (Å²) in [5.74, 6) is 0.658. The van der Waals surface area contributed by atoms with E-state index in [1.165, 1.54) is 5.56 Å². The number of hydrogen-bond donors (Lipinski definition) is 2. The molecule has 2 aromatic rings. The van der Waals surface area contributed by atoms with Crippen LogP contribution in [0.5, 0.6) is 0 Å². The molecule has 2 rings (SSSR count). The number of halogens is 1. The number of rotatable bonds is 8. The van der Waals surface area contributed by atoms with Crippen molar-refractivity contribution >= 4 is 23.3 Å². The molecule has 0 atom stereocenters. The first-order valence-corrected chi connectivity index (χ1v) is 8.29. The number of benzene rings is 1. The minimum atomic E-state index is -0.0999. The maximum atomic E-state index is 12.0. The summed E-state index contributed by atoms with van der Waals surface area (Å²) in [5, 5.41) is 6.86. The summed E-state index contributed by atoms with van der Waals surface area (Å²) in [5.41, 5.74) is 1.78. The normalized spacial score (nSPS) is 10.7. The number of amides is 1. The molecule has 1 aromatic heterocycles. The summed E-state index contributed by atoms with van der Waals surface area (Å²) in [4.78, 5) is 18.3. The standard InChI is InChI=1S/C18H23ClN4O/c1-23(2)12-11-21-18(24)15-5-8-17(22-13-15)20-10-9-14-3-6-16(19)7-4-14/h3-8,13H,9-12H2,1-2H3,(H,20,22)(H,21,24). The minimum absolute atomic E-state index is 0.0999. The lowest BCUT2D eigenvalue weighted by Gasteiger charge is -2.10. The van der Waals surface area contributed by atoms with E-state index in [0.717, 1.165) is 30.4 Å². The van der Waals surface area contributed by atoms with E-state index in [4.69, 9.17) is 11.6 Å². The van der Waals surface area contributed by atoms with Gasteiger partial charge in [0.2, 0.25) is 0 Å². The second-order valence-electron chi connectivity index (χ2n) is 5.79. The van der Waals surface area contributed by atoms with E-state index in [1.54, 1.807) is 12.3 Å². The summed E-state index contributed by atoms with van der Waals surface area (Å²) < 4.78 is 0. The topological polar surface area (TPSA) is 57.3 Å². The van der Waals surface area contributed by atoms with Gasteiger partial charge in [0.15, 0.2) is 0 Å². The summed E-state index contributed by atoms with van der Waals surface area (Å²) >= 11 is 5.87. The number of carbonyl (C=O) groups excluding carboxylic acids is 1. The van der Waals surface area contributed by atoms with Gasteiger partial charge in [-0.05, 0) is 50.3 Å². The first-order chi connectivity index (χ1) is 11.5. The van der Waals surface area contributed by atoms with Crippen LogP contribution >= 0.6 is 11.6 Å². The number of hydrogen-bond acceptors (Lipinski definition) is 4. The maximum Gasteiger partial charge on any atom is 0.252 e. The van der Waals surface area contributed by atoms with Crippen LogP contribution in [0.25, 0.3) is 0 Å². The van der Waals surface area contributed by atoms with Crippen LogP contribution in [0.4, 0.5) is 5.82 Å². The van der Waals surface area contributed by atoms with E-state index >= 15 is 0 Å². The number of nitrogens with zero attached hydrogens (tertiary/aromatic N) is 2. The molecule has 0 saturated carbocycles. The highest BCUT2D eigenvalue weighted by Crippen LogP contribution is 2.10. The summed E-state index contributed by atoms with van der Waals surface area (Å²) in [6.07, 6.45) is 2.47. The highest BCUT2D eigenvalue weighted by molar-refractivity contribution is 6.30. The van der Waals surface area contributed by atoms with Gasteiger partial charge in [0.05, 0.1) is 5.56 Å². The molecule has 1 heterocycles. The zero-order chi connectivity index (χ0) is 17.4. The van der Waals surface area contributed by atoms with E-state index < -0.39 is 0 Å². The Morgan fingerprint density at radius 3 is 2.50 bits per heavy atom. The van der Waals surface area contributed by atoms with Crippen molar-refractivity contribution in [2.45, 2.75) is 6.42 Å². The quantitative estimate of drug-likeness (QED) is 0.771. The molecule has 128 valence electrons. The molecule has 1 amide bonds. The highest BCUT2D eigenvalue weighted by atomic mass is 35.5. The van der Waals surface area contributed by atoms with Gasteiger partial charge in [-0.25, -0.2) is 4.98 Å². The van der Waals surface area contributed by atoms with Gasteiger partial charge in [-0.1, -0.05) is 23.7 Å². The van der Waals surface area contributed by atoms with Crippen LogP contribution in [0.2, 0.25) is 5.02 Å². The third kappa shape index (κ3) is 6.18. The lowest BCUT2D eigenvalue weighted by Crippen LogP contribution is -2.31. The summed E-state index contributed by atoms with van der Waals surface area (Å²) in [6.45, 7) is 2.19. The lowest BCUT2D eigenvalue weighted by atomic mass is 10.1. The van der Waals surface area contributed by atoms with E-state index in [9.17, 15) is 4.79 Å². The van der Waals surface area contributed by atoms with Crippen molar-refractivity contribution in [1.29, 1.82) is 0 Å². The van der Waals surface area contributed by atoms with Gasteiger partial charge < -0.3 is 15.5 Å². The number of likely N-dealkylation sites (N-methyl/N-ethyl adjacent to an activating group) is 1. The van der Waals surface area contributed by atoms with Crippen molar-refractivity contribution in [3.8, 4) is 0 Å². The van der Waals surface area contributed by atoms with Crippen LogP contribution in [-0.2, 0) is 6.42 Å². The molecular formula is C18H23ClN4O. The largest absolute Gasteiger partial charge is 0.370 e. The van der Waals surface area contributed by atoms with Gasteiger partial charge in [-0.2, -0.15) is 0 Å². The minimum Gasteiger partial charge on any atom is -0.370 e. The van der Waals surface area contributed by atoms with Crippen molar-refractivity contribution in [2.24, 2.45) is 0 Å². The fourth-order valence-electron chi connectivity index (χ4n) is 2.11. The number of nitrogens with one attached hydrogen (secondary N) is 2. The predicted octanol–water partition coefficient (Wildman–Crippen LogP) is 2.68. The Bertz CT molecular complexity index is 641. The van der Waals surface area contributed by atoms with Crippen LogP contribution in [0.15, 0.2) is 42.6 Å². The van der Waals surface area contributed by atoms with Crippen molar-refractivity contribution < 1.29 is 4.79 Å². The predicted molar refractivity (Wildman–Crippen MR) is 98.8 cm³/mol. The molecule has 0 spiro atoms. The van der Waals surface area contributed by atoms with Crippen molar-refractivity contribution in [2.75, 3.05) is 39.0 Å². The Morgan fingerprint density at radius 2 is 1.88 bits per heavy atom. The number of anilines is 1. The van der Waals surface area contributed by atoms with Gasteiger partial charge in [0, 0.05) is 30.9 Å². The fourth-order valence-corrected chi connectivity index (χ4v) is 2.24. The summed E-state index contributed by atoms with van der Waals surface area (Å²) in [7, 11) is 3.94. The molecule has 0 aliphatic carbocycles. The van der Waals surface area contributed by atoms with E-state index in [2.05, 4.69) is 15.6 Å².